The number of nitrogens with zero attached hydrogens (tertiary/aromatic N) is 3. The number of carbonyl (C=O) groups excluding carboxylic acids is 1. The Morgan fingerprint density at radius 3 is 2.38 bits per heavy atom. The molecule has 1 aromatic heterocycles. The van der Waals surface area contributed by atoms with Gasteiger partial charge in [0.15, 0.2) is 0 Å². The fourth-order valence-electron chi connectivity index (χ4n) is 3.78. The van der Waals surface area contributed by atoms with Gasteiger partial charge in [-0.3, -0.25) is 4.79 Å². The van der Waals surface area contributed by atoms with Crippen LogP contribution in [0.25, 0.3) is 0 Å². The normalized spacial score (nSPS) is 20.4. The van der Waals surface area contributed by atoms with Crippen molar-refractivity contribution in [2.24, 2.45) is 7.05 Å². The van der Waals surface area contributed by atoms with Crippen LogP contribution in [-0.4, -0.2) is 54.3 Å². The first-order valence-corrected chi connectivity index (χ1v) is 10.3. The molecule has 134 valence electrons. The summed E-state index contributed by atoms with van der Waals surface area (Å²) in [7, 11) is 0.0916. The summed E-state index contributed by atoms with van der Waals surface area (Å²) >= 11 is 0. The topological polar surface area (TPSA) is 62.6 Å². The summed E-state index contributed by atoms with van der Waals surface area (Å²) in [5, 5.41) is 0. The van der Waals surface area contributed by atoms with Gasteiger partial charge in [-0.05, 0) is 31.7 Å². The third-order valence-corrected chi connectivity index (χ3v) is 7.21. The van der Waals surface area contributed by atoms with E-state index >= 15 is 0 Å². The number of hydrogen-bond acceptors (Lipinski definition) is 3. The lowest BCUT2D eigenvalue weighted by Crippen LogP contribution is -2.39. The molecule has 3 rings (SSSR count). The fourth-order valence-corrected chi connectivity index (χ4v) is 5.37. The molecule has 0 bridgehead atoms. The van der Waals surface area contributed by atoms with Crippen molar-refractivity contribution in [3.05, 3.63) is 18.0 Å². The molecule has 2 aliphatic rings. The molecule has 24 heavy (non-hydrogen) atoms. The maximum Gasteiger partial charge on any atom is 0.270 e. The lowest BCUT2D eigenvalue weighted by atomic mass is 9.94. The molecule has 7 heteroatoms. The molecule has 0 atom stereocenters. The summed E-state index contributed by atoms with van der Waals surface area (Å²) in [6.45, 7) is 1.14. The van der Waals surface area contributed by atoms with E-state index in [4.69, 9.17) is 0 Å². The maximum atomic E-state index is 12.8. The number of amides is 1. The third-order valence-electron chi connectivity index (χ3n) is 5.34. The summed E-state index contributed by atoms with van der Waals surface area (Å²) in [4.78, 5) is 14.8. The van der Waals surface area contributed by atoms with E-state index < -0.39 is 10.0 Å². The summed E-state index contributed by atoms with van der Waals surface area (Å²) < 4.78 is 28.5. The molecule has 1 aliphatic carbocycles. The standard InChI is InChI=1S/C17H27N3O3S/c1-18-13-15(24(22,23)20-10-6-7-11-20)12-16(18)17(21)19(2)14-8-4-3-5-9-14/h12-14H,3-11H2,1-2H3. The minimum atomic E-state index is -3.48. The number of rotatable bonds is 4. The number of carbonyl (C=O) groups is 1. The number of hydrogen-bond donors (Lipinski definition) is 0. The predicted molar refractivity (Wildman–Crippen MR) is 92.4 cm³/mol. The third kappa shape index (κ3) is 3.24. The van der Waals surface area contributed by atoms with Crippen molar-refractivity contribution in [1.29, 1.82) is 0 Å². The molecule has 0 aromatic carbocycles. The van der Waals surface area contributed by atoms with E-state index in [1.807, 2.05) is 7.05 Å². The van der Waals surface area contributed by atoms with Gasteiger partial charge in [-0.15, -0.1) is 0 Å². The van der Waals surface area contributed by atoms with Crippen molar-refractivity contribution in [3.63, 3.8) is 0 Å². The van der Waals surface area contributed by atoms with Crippen molar-refractivity contribution in [3.8, 4) is 0 Å². The van der Waals surface area contributed by atoms with Gasteiger partial charge in [0.05, 0.1) is 0 Å². The smallest absolute Gasteiger partial charge is 0.270 e. The van der Waals surface area contributed by atoms with Crippen LogP contribution >= 0.6 is 0 Å². The van der Waals surface area contributed by atoms with Crippen molar-refractivity contribution in [2.75, 3.05) is 20.1 Å². The van der Waals surface area contributed by atoms with E-state index in [9.17, 15) is 13.2 Å². The Kier molecular flexibility index (Phi) is 5.01. The largest absolute Gasteiger partial charge is 0.345 e. The Morgan fingerprint density at radius 1 is 1.12 bits per heavy atom. The first kappa shape index (κ1) is 17.5. The van der Waals surface area contributed by atoms with Gasteiger partial charge in [0.1, 0.15) is 10.6 Å². The highest BCUT2D eigenvalue weighted by Crippen LogP contribution is 2.25. The lowest BCUT2D eigenvalue weighted by molar-refractivity contribution is 0.0686. The molecule has 1 aromatic rings. The summed E-state index contributed by atoms with van der Waals surface area (Å²) in [5.41, 5.74) is 0.445. The van der Waals surface area contributed by atoms with E-state index in [1.54, 1.807) is 22.7 Å². The van der Waals surface area contributed by atoms with Gasteiger partial charge in [0, 0.05) is 39.4 Å². The number of aryl methyl sites for hydroxylation is 1. The highest BCUT2D eigenvalue weighted by molar-refractivity contribution is 7.89. The zero-order valence-electron chi connectivity index (χ0n) is 14.6. The molecule has 0 spiro atoms. The zero-order chi connectivity index (χ0) is 17.3. The molecule has 1 saturated carbocycles. The van der Waals surface area contributed by atoms with Crippen LogP contribution in [0.3, 0.4) is 0 Å². The van der Waals surface area contributed by atoms with Gasteiger partial charge in [-0.25, -0.2) is 8.42 Å². The molecule has 2 heterocycles. The molecule has 2 fully saturated rings. The van der Waals surface area contributed by atoms with Gasteiger partial charge in [-0.2, -0.15) is 4.31 Å². The van der Waals surface area contributed by atoms with Crippen molar-refractivity contribution in [2.45, 2.75) is 55.9 Å². The molecule has 1 aliphatic heterocycles. The second-order valence-corrected chi connectivity index (χ2v) is 8.93. The number of sulfonamides is 1. The lowest BCUT2D eigenvalue weighted by Gasteiger charge is -2.31. The second-order valence-electron chi connectivity index (χ2n) is 6.99. The summed E-state index contributed by atoms with van der Waals surface area (Å²) in [6.07, 6.45) is 8.99. The van der Waals surface area contributed by atoms with Crippen LogP contribution in [0.5, 0.6) is 0 Å². The summed E-state index contributed by atoms with van der Waals surface area (Å²) in [6, 6.07) is 1.80. The van der Waals surface area contributed by atoms with E-state index in [1.165, 1.54) is 16.8 Å². The quantitative estimate of drug-likeness (QED) is 0.834. The molecule has 0 N–H and O–H groups in total. The highest BCUT2D eigenvalue weighted by Gasteiger charge is 2.31. The van der Waals surface area contributed by atoms with Gasteiger partial charge in [-0.1, -0.05) is 19.3 Å². The molecular weight excluding hydrogens is 326 g/mol. The Balaban J connectivity index is 1.81. The Morgan fingerprint density at radius 2 is 1.75 bits per heavy atom. The van der Waals surface area contributed by atoms with E-state index in [-0.39, 0.29) is 16.8 Å². The van der Waals surface area contributed by atoms with E-state index in [2.05, 4.69) is 0 Å². The average molecular weight is 353 g/mol. The second kappa shape index (κ2) is 6.88. The van der Waals surface area contributed by atoms with Crippen LogP contribution in [0, 0.1) is 0 Å². The Bertz CT molecular complexity index is 699. The number of aromatic nitrogens is 1. The molecule has 0 radical (unpaired) electrons. The Labute approximate surface area is 144 Å². The minimum Gasteiger partial charge on any atom is -0.345 e. The molecular formula is C17H27N3O3S. The van der Waals surface area contributed by atoms with Crippen molar-refractivity contribution < 1.29 is 13.2 Å². The van der Waals surface area contributed by atoms with E-state index in [0.717, 1.165) is 38.5 Å². The predicted octanol–water partition coefficient (Wildman–Crippen LogP) is 2.21. The monoisotopic (exact) mass is 353 g/mol. The molecule has 0 unspecified atom stereocenters. The van der Waals surface area contributed by atoms with Crippen molar-refractivity contribution in [1.82, 2.24) is 13.8 Å². The van der Waals surface area contributed by atoms with Crippen LogP contribution in [0.2, 0.25) is 0 Å². The van der Waals surface area contributed by atoms with Crippen LogP contribution in [0.1, 0.15) is 55.4 Å². The minimum absolute atomic E-state index is 0.0905. The van der Waals surface area contributed by atoms with E-state index in [0.29, 0.717) is 18.8 Å². The maximum absolute atomic E-state index is 12.8. The average Bonchev–Trinajstić information content (AvgIpc) is 3.24. The van der Waals surface area contributed by atoms with Crippen LogP contribution in [0.4, 0.5) is 0 Å². The van der Waals surface area contributed by atoms with Gasteiger partial charge < -0.3 is 9.47 Å². The highest BCUT2D eigenvalue weighted by atomic mass is 32.2. The molecule has 6 nitrogen and oxygen atoms in total. The van der Waals surface area contributed by atoms with Crippen LogP contribution < -0.4 is 0 Å². The first-order valence-electron chi connectivity index (χ1n) is 8.85. The Hall–Kier alpha value is -1.34. The van der Waals surface area contributed by atoms with Gasteiger partial charge in [0.2, 0.25) is 10.0 Å². The van der Waals surface area contributed by atoms with Gasteiger partial charge in [0.25, 0.3) is 5.91 Å². The SMILES string of the molecule is CN(C(=O)c1cc(S(=O)(=O)N2CCCC2)cn1C)C1CCCCC1. The van der Waals surface area contributed by atoms with Crippen LogP contribution in [-0.2, 0) is 17.1 Å². The molecule has 1 saturated heterocycles. The zero-order valence-corrected chi connectivity index (χ0v) is 15.4. The summed E-state index contributed by atoms with van der Waals surface area (Å²) in [5.74, 6) is -0.0905. The van der Waals surface area contributed by atoms with Crippen LogP contribution in [0.15, 0.2) is 17.2 Å². The fraction of sp³-hybridized carbons (Fsp3) is 0.706. The first-order chi connectivity index (χ1) is 11.4. The van der Waals surface area contributed by atoms with Crippen molar-refractivity contribution >= 4 is 15.9 Å². The molecule has 1 amide bonds. The van der Waals surface area contributed by atoms with Gasteiger partial charge >= 0.3 is 0 Å².